The van der Waals surface area contributed by atoms with Crippen LogP contribution in [0.25, 0.3) is 0 Å². The van der Waals surface area contributed by atoms with E-state index in [1.807, 2.05) is 12.1 Å². The molecule has 0 N–H and O–H groups in total. The highest BCUT2D eigenvalue weighted by molar-refractivity contribution is 8.21. The van der Waals surface area contributed by atoms with Gasteiger partial charge in [0.25, 0.3) is 0 Å². The minimum absolute atomic E-state index is 0.355. The van der Waals surface area contributed by atoms with E-state index in [1.165, 1.54) is 4.86 Å². The van der Waals surface area contributed by atoms with Crippen molar-refractivity contribution in [1.82, 2.24) is 0 Å². The van der Waals surface area contributed by atoms with E-state index in [2.05, 4.69) is 85.1 Å². The molecule has 0 saturated carbocycles. The van der Waals surface area contributed by atoms with Gasteiger partial charge in [0.1, 0.15) is 0 Å². The predicted molar refractivity (Wildman–Crippen MR) is 115 cm³/mol. The molecule has 2 heterocycles. The van der Waals surface area contributed by atoms with Crippen molar-refractivity contribution in [2.45, 2.75) is 27.7 Å². The average Bonchev–Trinajstić information content (AvgIpc) is 3.21. The summed E-state index contributed by atoms with van der Waals surface area (Å²) >= 11 is 0. The molecule has 2 aromatic carbocycles. The van der Waals surface area contributed by atoms with Crippen LogP contribution < -0.4 is 8.83 Å². The Labute approximate surface area is 158 Å². The lowest BCUT2D eigenvalue weighted by Crippen LogP contribution is -2.27. The normalized spacial score (nSPS) is 17.2. The van der Waals surface area contributed by atoms with Crippen LogP contribution in [0.2, 0.25) is 0 Å². The van der Waals surface area contributed by atoms with E-state index in [-0.39, 0.29) is 10.9 Å². The van der Waals surface area contributed by atoms with Gasteiger partial charge in [-0.25, -0.2) is 0 Å². The van der Waals surface area contributed by atoms with Gasteiger partial charge >= 0.3 is 0 Å². The topological polar surface area (TPSA) is 31.2 Å². The maximum atomic E-state index is 5.05. The fraction of sp³-hybridized carbons (Fsp3) is 0.286. The molecule has 0 radical (unpaired) electrons. The molecule has 0 fully saturated rings. The summed E-state index contributed by atoms with van der Waals surface area (Å²) in [5.41, 5.74) is 4.52. The molecule has 5 heteroatoms. The van der Waals surface area contributed by atoms with E-state index in [4.69, 9.17) is 10.2 Å². The molecule has 0 saturated heterocycles. The van der Waals surface area contributed by atoms with E-state index in [0.717, 1.165) is 22.8 Å². The fourth-order valence-corrected chi connectivity index (χ4v) is 5.50. The molecule has 4 rings (SSSR count). The predicted octanol–water partition coefficient (Wildman–Crippen LogP) is 5.32. The van der Waals surface area contributed by atoms with Crippen LogP contribution in [0.4, 0.5) is 11.4 Å². The molecule has 0 atom stereocenters. The minimum Gasteiger partial charge on any atom is -0.192 e. The molecule has 0 aromatic heterocycles. The van der Waals surface area contributed by atoms with Gasteiger partial charge < -0.3 is 0 Å². The number of nitrogens with zero attached hydrogens (tertiary/aromatic N) is 4. The third-order valence-corrected chi connectivity index (χ3v) is 6.44. The summed E-state index contributed by atoms with van der Waals surface area (Å²) < 4.78 is 4.30. The van der Waals surface area contributed by atoms with Crippen LogP contribution in [0, 0.1) is 11.8 Å². The first-order chi connectivity index (χ1) is 12.6. The van der Waals surface area contributed by atoms with E-state index in [1.54, 1.807) is 0 Å². The highest BCUT2D eigenvalue weighted by Gasteiger charge is 2.40. The summed E-state index contributed by atoms with van der Waals surface area (Å²) in [6, 6.07) is 20.8. The van der Waals surface area contributed by atoms with Crippen molar-refractivity contribution in [2.24, 2.45) is 22.0 Å². The SMILES string of the molecule is CC(C)C1=NN(c2ccccc2)S2=C1C(C(C)C)=NN2c1ccccc1. The number of hydrazone groups is 2. The largest absolute Gasteiger partial charge is 0.192 e. The Morgan fingerprint density at radius 2 is 1.04 bits per heavy atom. The summed E-state index contributed by atoms with van der Waals surface area (Å²) in [7, 11) is -0.371. The van der Waals surface area contributed by atoms with Crippen molar-refractivity contribution in [3.05, 3.63) is 60.7 Å². The summed E-state index contributed by atoms with van der Waals surface area (Å²) in [5.74, 6) is 0.710. The van der Waals surface area contributed by atoms with Crippen LogP contribution in [0.5, 0.6) is 0 Å². The van der Waals surface area contributed by atoms with Crippen molar-refractivity contribution in [3.8, 4) is 0 Å². The number of para-hydroxylation sites is 2. The quantitative estimate of drug-likeness (QED) is 0.687. The van der Waals surface area contributed by atoms with Crippen molar-refractivity contribution >= 4 is 38.5 Å². The van der Waals surface area contributed by atoms with Crippen LogP contribution in [-0.4, -0.2) is 16.3 Å². The lowest BCUT2D eigenvalue weighted by molar-refractivity contribution is 0.877. The lowest BCUT2D eigenvalue weighted by Gasteiger charge is -2.26. The van der Waals surface area contributed by atoms with Gasteiger partial charge in [-0.05, 0) is 36.1 Å². The molecule has 2 aromatic rings. The van der Waals surface area contributed by atoms with E-state index < -0.39 is 0 Å². The number of hydrogen-bond donors (Lipinski definition) is 0. The summed E-state index contributed by atoms with van der Waals surface area (Å²) in [6.07, 6.45) is 0. The first kappa shape index (κ1) is 17.0. The summed E-state index contributed by atoms with van der Waals surface area (Å²) in [4.78, 5) is 1.29. The number of anilines is 2. The van der Waals surface area contributed by atoms with Gasteiger partial charge in [0.15, 0.2) is 0 Å². The fourth-order valence-electron chi connectivity index (χ4n) is 3.11. The zero-order valence-corrected chi connectivity index (χ0v) is 16.4. The highest BCUT2D eigenvalue weighted by atomic mass is 32.2. The molecular weight excluding hydrogens is 340 g/mol. The van der Waals surface area contributed by atoms with E-state index in [0.29, 0.717) is 11.8 Å². The molecule has 2 aliphatic heterocycles. The molecule has 0 bridgehead atoms. The van der Waals surface area contributed by atoms with Crippen molar-refractivity contribution < 1.29 is 0 Å². The van der Waals surface area contributed by atoms with E-state index in [9.17, 15) is 0 Å². The van der Waals surface area contributed by atoms with Gasteiger partial charge in [0.2, 0.25) is 0 Å². The monoisotopic (exact) mass is 364 g/mol. The van der Waals surface area contributed by atoms with Gasteiger partial charge in [0.05, 0.1) is 38.5 Å². The Kier molecular flexibility index (Phi) is 4.41. The van der Waals surface area contributed by atoms with Crippen LogP contribution in [-0.2, 0) is 0 Å². The third-order valence-electron chi connectivity index (χ3n) is 4.42. The first-order valence-corrected chi connectivity index (χ1v) is 10.2. The Morgan fingerprint density at radius 3 is 1.38 bits per heavy atom. The lowest BCUT2D eigenvalue weighted by atomic mass is 9.96. The van der Waals surface area contributed by atoms with Crippen LogP contribution in [0.15, 0.2) is 70.9 Å². The second kappa shape index (κ2) is 6.72. The molecule has 26 heavy (non-hydrogen) atoms. The second-order valence-electron chi connectivity index (χ2n) is 7.09. The van der Waals surface area contributed by atoms with Gasteiger partial charge in [-0.1, -0.05) is 64.1 Å². The Morgan fingerprint density at radius 1 is 0.654 bits per heavy atom. The van der Waals surface area contributed by atoms with Crippen LogP contribution in [0.1, 0.15) is 27.7 Å². The van der Waals surface area contributed by atoms with Crippen LogP contribution >= 0.6 is 10.9 Å². The maximum Gasteiger partial charge on any atom is 0.0881 e. The Balaban J connectivity index is 1.91. The smallest absolute Gasteiger partial charge is 0.0881 e. The number of rotatable bonds is 4. The molecule has 0 spiro atoms. The Hall–Kier alpha value is -2.40. The minimum atomic E-state index is -0.371. The van der Waals surface area contributed by atoms with Crippen molar-refractivity contribution in [1.29, 1.82) is 0 Å². The number of hydrogen-bond acceptors (Lipinski definition) is 4. The summed E-state index contributed by atoms with van der Waals surface area (Å²) in [6.45, 7) is 8.85. The molecule has 0 aliphatic carbocycles. The zero-order chi connectivity index (χ0) is 18.3. The first-order valence-electron chi connectivity index (χ1n) is 9.07. The van der Waals surface area contributed by atoms with Gasteiger partial charge in [0, 0.05) is 0 Å². The van der Waals surface area contributed by atoms with Crippen LogP contribution in [0.3, 0.4) is 0 Å². The summed E-state index contributed by atoms with van der Waals surface area (Å²) in [5, 5.41) is 10.1. The van der Waals surface area contributed by atoms with Gasteiger partial charge in [-0.3, -0.25) is 0 Å². The molecule has 4 nitrogen and oxygen atoms in total. The van der Waals surface area contributed by atoms with Gasteiger partial charge in [-0.2, -0.15) is 19.0 Å². The zero-order valence-electron chi connectivity index (χ0n) is 15.6. The maximum absolute atomic E-state index is 5.05. The second-order valence-corrected chi connectivity index (χ2v) is 8.72. The van der Waals surface area contributed by atoms with E-state index >= 15 is 0 Å². The molecule has 2 aliphatic rings. The molecule has 0 unspecified atom stereocenters. The standard InChI is InChI=1S/C21H24N4S/c1-15(2)19-21-20(16(3)4)23-25(18-13-9-6-10-14-18)26(21)24(22-19)17-11-7-5-8-12-17/h5-16H,1-4H3. The molecule has 0 amide bonds. The Bertz CT molecular complexity index is 825. The molecule has 134 valence electrons. The third kappa shape index (κ3) is 2.76. The number of benzene rings is 2. The van der Waals surface area contributed by atoms with Crippen molar-refractivity contribution in [3.63, 3.8) is 0 Å². The van der Waals surface area contributed by atoms with Crippen molar-refractivity contribution in [2.75, 3.05) is 8.83 Å². The van der Waals surface area contributed by atoms with Gasteiger partial charge in [-0.15, -0.1) is 0 Å². The molecular formula is C21H24N4S. The average molecular weight is 365 g/mol. The highest BCUT2D eigenvalue weighted by Crippen LogP contribution is 2.45.